The number of carboxylic acid groups (broad SMARTS) is 1. The van der Waals surface area contributed by atoms with Gasteiger partial charge < -0.3 is 5.11 Å². The molecular formula is C10H20N2O4S. The number of hydrogen-bond acceptors (Lipinski definition) is 4. The van der Waals surface area contributed by atoms with Crippen LogP contribution in [0.1, 0.15) is 20.8 Å². The Morgan fingerprint density at radius 1 is 1.41 bits per heavy atom. The van der Waals surface area contributed by atoms with E-state index in [0.29, 0.717) is 19.6 Å². The van der Waals surface area contributed by atoms with Gasteiger partial charge in [-0.05, 0) is 12.8 Å². The van der Waals surface area contributed by atoms with Gasteiger partial charge >= 0.3 is 5.97 Å². The summed E-state index contributed by atoms with van der Waals surface area (Å²) in [6.07, 6.45) is 0. The Bertz CT molecular complexity index is 380. The predicted octanol–water partition coefficient (Wildman–Crippen LogP) is 0.0204. The van der Waals surface area contributed by atoms with Gasteiger partial charge in [-0.2, -0.15) is 4.31 Å². The minimum absolute atomic E-state index is 0.226. The maximum Gasteiger partial charge on any atom is 0.317 e. The van der Waals surface area contributed by atoms with Crippen molar-refractivity contribution >= 4 is 16.0 Å². The normalized spacial score (nSPS) is 26.2. The molecule has 6 nitrogen and oxygen atoms in total. The van der Waals surface area contributed by atoms with Gasteiger partial charge in [0, 0.05) is 19.6 Å². The van der Waals surface area contributed by atoms with Crippen LogP contribution in [0.15, 0.2) is 0 Å². The van der Waals surface area contributed by atoms with E-state index < -0.39 is 21.4 Å². The lowest BCUT2D eigenvalue weighted by atomic mass is 10.2. The molecule has 0 spiro atoms. The zero-order chi connectivity index (χ0) is 13.2. The Morgan fingerprint density at radius 3 is 2.47 bits per heavy atom. The summed E-state index contributed by atoms with van der Waals surface area (Å²) in [7, 11) is -3.40. The van der Waals surface area contributed by atoms with Gasteiger partial charge in [0.1, 0.15) is 5.37 Å². The van der Waals surface area contributed by atoms with Crippen molar-refractivity contribution in [3.05, 3.63) is 0 Å². The van der Waals surface area contributed by atoms with Gasteiger partial charge in [-0.25, -0.2) is 8.42 Å². The monoisotopic (exact) mass is 264 g/mol. The molecule has 0 saturated carbocycles. The van der Waals surface area contributed by atoms with Crippen molar-refractivity contribution in [3.63, 3.8) is 0 Å². The molecule has 1 aliphatic rings. The van der Waals surface area contributed by atoms with Crippen LogP contribution in [0, 0.1) is 5.92 Å². The molecule has 0 aromatic heterocycles. The highest BCUT2D eigenvalue weighted by Gasteiger charge is 2.38. The fraction of sp³-hybridized carbons (Fsp3) is 0.900. The molecule has 0 amide bonds. The molecular weight excluding hydrogens is 244 g/mol. The summed E-state index contributed by atoms with van der Waals surface area (Å²) in [5.74, 6) is -0.729. The lowest BCUT2D eigenvalue weighted by Crippen LogP contribution is -2.56. The van der Waals surface area contributed by atoms with Crippen LogP contribution in [0.4, 0.5) is 0 Å². The number of rotatable bonds is 4. The van der Waals surface area contributed by atoms with Crippen molar-refractivity contribution in [2.24, 2.45) is 5.92 Å². The summed E-state index contributed by atoms with van der Waals surface area (Å²) in [5, 5.41) is 7.96. The minimum Gasteiger partial charge on any atom is -0.480 e. The van der Waals surface area contributed by atoms with Crippen LogP contribution in [0.25, 0.3) is 0 Å². The van der Waals surface area contributed by atoms with Crippen molar-refractivity contribution in [3.8, 4) is 0 Å². The van der Waals surface area contributed by atoms with Crippen LogP contribution in [-0.2, 0) is 14.8 Å². The van der Waals surface area contributed by atoms with Crippen molar-refractivity contribution in [2.45, 2.75) is 26.1 Å². The van der Waals surface area contributed by atoms with Crippen LogP contribution in [-0.4, -0.2) is 60.3 Å². The van der Waals surface area contributed by atoms with Gasteiger partial charge in [0.15, 0.2) is 0 Å². The molecule has 0 aromatic carbocycles. The fourth-order valence-electron chi connectivity index (χ4n) is 1.94. The van der Waals surface area contributed by atoms with Crippen LogP contribution in [0.2, 0.25) is 0 Å². The topological polar surface area (TPSA) is 77.9 Å². The van der Waals surface area contributed by atoms with E-state index in [-0.39, 0.29) is 12.5 Å². The molecule has 1 atom stereocenters. The van der Waals surface area contributed by atoms with E-state index in [1.165, 1.54) is 9.21 Å². The lowest BCUT2D eigenvalue weighted by Gasteiger charge is -2.38. The average molecular weight is 264 g/mol. The van der Waals surface area contributed by atoms with E-state index in [1.54, 1.807) is 6.92 Å². The Balaban J connectivity index is 2.79. The molecule has 0 aliphatic carbocycles. The molecule has 1 rings (SSSR count). The van der Waals surface area contributed by atoms with Gasteiger partial charge in [0.25, 0.3) is 0 Å². The Kier molecular flexibility index (Phi) is 4.51. The summed E-state index contributed by atoms with van der Waals surface area (Å²) in [6, 6.07) is 0. The summed E-state index contributed by atoms with van der Waals surface area (Å²) >= 11 is 0. The standard InChI is InChI=1S/C10H20N2O4S/c1-8(2)6-12-5-4-11(7-10(13)14)9(3)17(12,15)16/h8-9H,4-7H2,1-3H3,(H,13,14)/t9-/m0/s1. The number of carboxylic acids is 1. The van der Waals surface area contributed by atoms with E-state index >= 15 is 0 Å². The van der Waals surface area contributed by atoms with Gasteiger partial charge in [-0.1, -0.05) is 13.8 Å². The Hall–Kier alpha value is -0.660. The van der Waals surface area contributed by atoms with E-state index in [0.717, 1.165) is 0 Å². The van der Waals surface area contributed by atoms with Crippen molar-refractivity contribution in [1.29, 1.82) is 0 Å². The number of aliphatic carboxylic acids is 1. The number of sulfonamides is 1. The van der Waals surface area contributed by atoms with Gasteiger partial charge in [0.2, 0.25) is 10.0 Å². The first-order valence-corrected chi connectivity index (χ1v) is 7.20. The first kappa shape index (κ1) is 14.4. The molecule has 0 bridgehead atoms. The second-order valence-corrected chi connectivity index (χ2v) is 6.99. The summed E-state index contributed by atoms with van der Waals surface area (Å²) in [5.41, 5.74) is 0. The van der Waals surface area contributed by atoms with E-state index in [1.807, 2.05) is 13.8 Å². The molecule has 100 valence electrons. The molecule has 0 unspecified atom stereocenters. The quantitative estimate of drug-likeness (QED) is 0.774. The molecule has 1 heterocycles. The maximum absolute atomic E-state index is 12.1. The molecule has 7 heteroatoms. The van der Waals surface area contributed by atoms with Crippen LogP contribution in [0.5, 0.6) is 0 Å². The Labute approximate surface area is 102 Å². The highest BCUT2D eigenvalue weighted by atomic mass is 32.2. The van der Waals surface area contributed by atoms with Crippen molar-refractivity contribution < 1.29 is 18.3 Å². The fourth-order valence-corrected chi connectivity index (χ4v) is 3.77. The average Bonchev–Trinajstić information content (AvgIpc) is 2.17. The molecule has 1 fully saturated rings. The summed E-state index contributed by atoms with van der Waals surface area (Å²) in [4.78, 5) is 12.1. The maximum atomic E-state index is 12.1. The SMILES string of the molecule is CC(C)CN1CCN(CC(=O)O)[C@H](C)S1(=O)=O. The zero-order valence-electron chi connectivity index (χ0n) is 10.5. The second kappa shape index (κ2) is 5.32. The van der Waals surface area contributed by atoms with Crippen LogP contribution >= 0.6 is 0 Å². The molecule has 0 aromatic rings. The van der Waals surface area contributed by atoms with Gasteiger partial charge in [-0.15, -0.1) is 0 Å². The first-order chi connectivity index (χ1) is 7.75. The number of carbonyl (C=O) groups is 1. The lowest BCUT2D eigenvalue weighted by molar-refractivity contribution is -0.138. The molecule has 1 N–H and O–H groups in total. The van der Waals surface area contributed by atoms with E-state index in [2.05, 4.69) is 0 Å². The first-order valence-electron chi connectivity index (χ1n) is 5.70. The van der Waals surface area contributed by atoms with Crippen LogP contribution < -0.4 is 0 Å². The largest absolute Gasteiger partial charge is 0.480 e. The highest BCUT2D eigenvalue weighted by Crippen LogP contribution is 2.19. The third-order valence-electron chi connectivity index (χ3n) is 2.85. The van der Waals surface area contributed by atoms with E-state index in [4.69, 9.17) is 5.11 Å². The highest BCUT2D eigenvalue weighted by molar-refractivity contribution is 7.89. The smallest absolute Gasteiger partial charge is 0.317 e. The number of hydrogen-bond donors (Lipinski definition) is 1. The van der Waals surface area contributed by atoms with Crippen molar-refractivity contribution in [1.82, 2.24) is 9.21 Å². The minimum atomic E-state index is -3.40. The molecule has 1 aliphatic heterocycles. The van der Waals surface area contributed by atoms with Gasteiger partial charge in [0.05, 0.1) is 6.54 Å². The van der Waals surface area contributed by atoms with Crippen LogP contribution in [0.3, 0.4) is 0 Å². The Morgan fingerprint density at radius 2 is 2.00 bits per heavy atom. The third kappa shape index (κ3) is 3.40. The predicted molar refractivity (Wildman–Crippen MR) is 64.0 cm³/mol. The van der Waals surface area contributed by atoms with E-state index in [9.17, 15) is 13.2 Å². The second-order valence-electron chi connectivity index (χ2n) is 4.76. The molecule has 1 saturated heterocycles. The van der Waals surface area contributed by atoms with Gasteiger partial charge in [-0.3, -0.25) is 9.69 Å². The van der Waals surface area contributed by atoms with Crippen molar-refractivity contribution in [2.75, 3.05) is 26.2 Å². The molecule has 17 heavy (non-hydrogen) atoms. The number of nitrogens with zero attached hydrogens (tertiary/aromatic N) is 2. The zero-order valence-corrected chi connectivity index (χ0v) is 11.3. The summed E-state index contributed by atoms with van der Waals surface area (Å²) < 4.78 is 25.7. The molecule has 0 radical (unpaired) electrons. The summed E-state index contributed by atoms with van der Waals surface area (Å²) in [6.45, 7) is 6.58. The third-order valence-corrected chi connectivity index (χ3v) is 5.06.